The molecule has 3 aromatic rings. The minimum Gasteiger partial charge on any atom is -0.339 e. The monoisotopic (exact) mass is 379 g/mol. The van der Waals surface area contributed by atoms with Crippen LogP contribution in [0.3, 0.4) is 0 Å². The lowest BCUT2D eigenvalue weighted by atomic mass is 10.0. The topological polar surface area (TPSA) is 110 Å². The number of pyridine rings is 1. The molecule has 2 heterocycles. The van der Waals surface area contributed by atoms with Crippen molar-refractivity contribution in [2.24, 2.45) is 0 Å². The fraction of sp³-hybridized carbons (Fsp3) is 0.250. The third kappa shape index (κ3) is 5.00. The van der Waals surface area contributed by atoms with E-state index in [4.69, 9.17) is 4.52 Å². The van der Waals surface area contributed by atoms with E-state index in [2.05, 4.69) is 39.8 Å². The van der Waals surface area contributed by atoms with Crippen LogP contribution in [0.4, 0.5) is 0 Å². The average molecular weight is 379 g/mol. The summed E-state index contributed by atoms with van der Waals surface area (Å²) in [7, 11) is 0. The maximum absolute atomic E-state index is 11.9. The van der Waals surface area contributed by atoms with Crippen LogP contribution in [0.15, 0.2) is 53.3 Å². The van der Waals surface area contributed by atoms with E-state index in [0.29, 0.717) is 23.2 Å². The third-order valence-corrected chi connectivity index (χ3v) is 4.11. The third-order valence-electron chi connectivity index (χ3n) is 4.11. The largest absolute Gasteiger partial charge is 0.339 e. The molecule has 2 aromatic heterocycles. The maximum Gasteiger partial charge on any atom is 0.271 e. The summed E-state index contributed by atoms with van der Waals surface area (Å²) in [5.74, 6) is 0.490. The highest BCUT2D eigenvalue weighted by Gasteiger charge is 2.12. The Bertz CT molecular complexity index is 936. The molecule has 0 radical (unpaired) electrons. The molecule has 0 atom stereocenters. The van der Waals surface area contributed by atoms with Crippen LogP contribution in [0, 0.1) is 0 Å². The second-order valence-corrected chi connectivity index (χ2v) is 6.53. The first-order valence-corrected chi connectivity index (χ1v) is 8.95. The Labute approximate surface area is 162 Å². The Kier molecular flexibility index (Phi) is 6.11. The Balaban J connectivity index is 1.48. The van der Waals surface area contributed by atoms with Crippen LogP contribution in [-0.4, -0.2) is 26.9 Å². The molecule has 0 aliphatic carbocycles. The second kappa shape index (κ2) is 8.90. The van der Waals surface area contributed by atoms with Crippen molar-refractivity contribution in [2.45, 2.75) is 32.6 Å². The highest BCUT2D eigenvalue weighted by molar-refractivity contribution is 5.95. The standard InChI is InChI=1S/C20H21N5O3/c1-13(2)14-5-7-15(8-6-14)19-22-18(28-25-19)10-9-17(26)23-24-20(27)16-4-3-11-21-12-16/h3-8,11-13H,9-10H2,1-2H3,(H,23,26)(H,24,27). The van der Waals surface area contributed by atoms with Crippen molar-refractivity contribution in [2.75, 3.05) is 0 Å². The highest BCUT2D eigenvalue weighted by atomic mass is 16.5. The number of carbonyl (C=O) groups excluding carboxylic acids is 2. The molecule has 3 rings (SSSR count). The highest BCUT2D eigenvalue weighted by Crippen LogP contribution is 2.20. The summed E-state index contributed by atoms with van der Waals surface area (Å²) in [5, 5.41) is 3.96. The number of hydrogen-bond donors (Lipinski definition) is 2. The van der Waals surface area contributed by atoms with Crippen molar-refractivity contribution in [1.82, 2.24) is 26.0 Å². The minimum atomic E-state index is -0.439. The Morgan fingerprint density at radius 2 is 1.89 bits per heavy atom. The lowest BCUT2D eigenvalue weighted by Crippen LogP contribution is -2.41. The van der Waals surface area contributed by atoms with Gasteiger partial charge in [-0.2, -0.15) is 4.98 Å². The fourth-order valence-electron chi connectivity index (χ4n) is 2.47. The SMILES string of the molecule is CC(C)c1ccc(-c2noc(CCC(=O)NNC(=O)c3cccnc3)n2)cc1. The van der Waals surface area contributed by atoms with Crippen LogP contribution in [0.25, 0.3) is 11.4 Å². The van der Waals surface area contributed by atoms with E-state index in [1.807, 2.05) is 24.3 Å². The van der Waals surface area contributed by atoms with Crippen molar-refractivity contribution in [3.63, 3.8) is 0 Å². The van der Waals surface area contributed by atoms with Gasteiger partial charge in [-0.05, 0) is 23.6 Å². The van der Waals surface area contributed by atoms with Gasteiger partial charge in [0.25, 0.3) is 5.91 Å². The minimum absolute atomic E-state index is 0.0985. The van der Waals surface area contributed by atoms with E-state index in [0.717, 1.165) is 5.56 Å². The molecule has 1 aromatic carbocycles. The summed E-state index contributed by atoms with van der Waals surface area (Å²) in [6, 6.07) is 11.2. The molecule has 0 saturated heterocycles. The Morgan fingerprint density at radius 3 is 2.57 bits per heavy atom. The summed E-state index contributed by atoms with van der Waals surface area (Å²) in [4.78, 5) is 31.9. The van der Waals surface area contributed by atoms with Gasteiger partial charge >= 0.3 is 0 Å². The zero-order valence-electron chi connectivity index (χ0n) is 15.7. The zero-order chi connectivity index (χ0) is 19.9. The number of nitrogens with one attached hydrogen (secondary N) is 2. The molecular formula is C20H21N5O3. The lowest BCUT2D eigenvalue weighted by Gasteiger charge is -2.06. The number of aromatic nitrogens is 3. The van der Waals surface area contributed by atoms with Gasteiger partial charge in [0.15, 0.2) is 0 Å². The second-order valence-electron chi connectivity index (χ2n) is 6.53. The summed E-state index contributed by atoms with van der Waals surface area (Å²) in [6.07, 6.45) is 3.34. The summed E-state index contributed by atoms with van der Waals surface area (Å²) >= 11 is 0. The number of aryl methyl sites for hydroxylation is 1. The quantitative estimate of drug-likeness (QED) is 0.637. The van der Waals surface area contributed by atoms with E-state index in [9.17, 15) is 9.59 Å². The molecule has 28 heavy (non-hydrogen) atoms. The summed E-state index contributed by atoms with van der Waals surface area (Å²) in [6.45, 7) is 4.26. The first-order chi connectivity index (χ1) is 13.5. The van der Waals surface area contributed by atoms with Crippen LogP contribution < -0.4 is 10.9 Å². The van der Waals surface area contributed by atoms with Crippen molar-refractivity contribution in [3.8, 4) is 11.4 Å². The number of carbonyl (C=O) groups is 2. The van der Waals surface area contributed by atoms with Gasteiger partial charge in [-0.25, -0.2) is 0 Å². The predicted molar refractivity (Wildman–Crippen MR) is 102 cm³/mol. The average Bonchev–Trinajstić information content (AvgIpc) is 3.20. The van der Waals surface area contributed by atoms with E-state index in [1.54, 1.807) is 18.3 Å². The zero-order valence-corrected chi connectivity index (χ0v) is 15.7. The summed E-state index contributed by atoms with van der Waals surface area (Å²) < 4.78 is 5.21. The Morgan fingerprint density at radius 1 is 1.11 bits per heavy atom. The normalized spacial score (nSPS) is 10.7. The van der Waals surface area contributed by atoms with Gasteiger partial charge < -0.3 is 4.52 Å². The van der Waals surface area contributed by atoms with E-state index in [-0.39, 0.29) is 18.7 Å². The number of nitrogens with zero attached hydrogens (tertiary/aromatic N) is 3. The van der Waals surface area contributed by atoms with Crippen molar-refractivity contribution in [3.05, 3.63) is 65.8 Å². The number of benzene rings is 1. The molecule has 144 valence electrons. The molecule has 0 spiro atoms. The van der Waals surface area contributed by atoms with Crippen LogP contribution in [-0.2, 0) is 11.2 Å². The number of rotatable bonds is 6. The molecule has 0 aliphatic rings. The van der Waals surface area contributed by atoms with Crippen LogP contribution >= 0.6 is 0 Å². The van der Waals surface area contributed by atoms with Crippen LogP contribution in [0.2, 0.25) is 0 Å². The molecule has 0 unspecified atom stereocenters. The van der Waals surface area contributed by atoms with Crippen molar-refractivity contribution in [1.29, 1.82) is 0 Å². The smallest absolute Gasteiger partial charge is 0.271 e. The predicted octanol–water partition coefficient (Wildman–Crippen LogP) is 2.65. The summed E-state index contributed by atoms with van der Waals surface area (Å²) in [5.41, 5.74) is 7.13. The van der Waals surface area contributed by atoms with Crippen LogP contribution in [0.5, 0.6) is 0 Å². The Hall–Kier alpha value is -3.55. The van der Waals surface area contributed by atoms with Crippen LogP contribution in [0.1, 0.15) is 48.0 Å². The van der Waals surface area contributed by atoms with Gasteiger partial charge in [0.05, 0.1) is 5.56 Å². The van der Waals surface area contributed by atoms with Crippen molar-refractivity contribution >= 4 is 11.8 Å². The number of hydrogen-bond acceptors (Lipinski definition) is 6. The molecule has 8 heteroatoms. The lowest BCUT2D eigenvalue weighted by molar-refractivity contribution is -0.121. The molecule has 8 nitrogen and oxygen atoms in total. The van der Waals surface area contributed by atoms with Gasteiger partial charge in [-0.15, -0.1) is 0 Å². The molecule has 2 amide bonds. The maximum atomic E-state index is 11.9. The van der Waals surface area contributed by atoms with Gasteiger partial charge in [0.2, 0.25) is 17.6 Å². The molecule has 0 fully saturated rings. The van der Waals surface area contributed by atoms with E-state index >= 15 is 0 Å². The van der Waals surface area contributed by atoms with Gasteiger partial charge in [-0.3, -0.25) is 25.4 Å². The molecule has 0 bridgehead atoms. The number of hydrazine groups is 1. The first-order valence-electron chi connectivity index (χ1n) is 8.95. The molecule has 0 saturated carbocycles. The number of amides is 2. The molecule has 2 N–H and O–H groups in total. The first kappa shape index (κ1) is 19.2. The fourth-order valence-corrected chi connectivity index (χ4v) is 2.47. The van der Waals surface area contributed by atoms with Gasteiger partial charge in [-0.1, -0.05) is 43.3 Å². The van der Waals surface area contributed by atoms with Crippen molar-refractivity contribution < 1.29 is 14.1 Å². The molecular weight excluding hydrogens is 358 g/mol. The van der Waals surface area contributed by atoms with Gasteiger partial charge in [0.1, 0.15) is 0 Å². The van der Waals surface area contributed by atoms with Gasteiger partial charge in [0, 0.05) is 30.8 Å². The molecule has 0 aliphatic heterocycles. The van der Waals surface area contributed by atoms with E-state index in [1.165, 1.54) is 11.8 Å². The van der Waals surface area contributed by atoms with E-state index < -0.39 is 5.91 Å².